The summed E-state index contributed by atoms with van der Waals surface area (Å²) < 4.78 is 33.3. The highest BCUT2D eigenvalue weighted by atomic mass is 32.2. The van der Waals surface area contributed by atoms with Crippen LogP contribution in [-0.2, 0) is 21.4 Å². The molecule has 36 heavy (non-hydrogen) atoms. The van der Waals surface area contributed by atoms with Gasteiger partial charge < -0.3 is 10.1 Å². The lowest BCUT2D eigenvalue weighted by Crippen LogP contribution is -2.31. The number of ether oxygens (including phenoxy) is 1. The predicted octanol–water partition coefficient (Wildman–Crippen LogP) is 6.75. The van der Waals surface area contributed by atoms with Gasteiger partial charge in [0.2, 0.25) is 15.9 Å². The van der Waals surface area contributed by atoms with Crippen molar-refractivity contribution in [3.8, 4) is 5.75 Å². The lowest BCUT2D eigenvalue weighted by atomic mass is 9.88. The monoisotopic (exact) mass is 514 g/mol. The maximum atomic E-state index is 12.9. The van der Waals surface area contributed by atoms with Crippen LogP contribution in [0.2, 0.25) is 0 Å². The van der Waals surface area contributed by atoms with E-state index in [4.69, 9.17) is 4.74 Å². The van der Waals surface area contributed by atoms with Gasteiger partial charge in [-0.3, -0.25) is 9.10 Å². The molecule has 2 aromatic rings. The van der Waals surface area contributed by atoms with E-state index < -0.39 is 10.0 Å². The third kappa shape index (κ3) is 7.99. The second-order valence-corrected chi connectivity index (χ2v) is 12.0. The zero-order valence-electron chi connectivity index (χ0n) is 22.3. The topological polar surface area (TPSA) is 75.7 Å². The number of carbonyl (C=O) groups is 1. The molecular formula is C29H42N2O4S. The minimum absolute atomic E-state index is 0.0301. The van der Waals surface area contributed by atoms with E-state index in [0.29, 0.717) is 30.3 Å². The first-order valence-corrected chi connectivity index (χ1v) is 15.2. The van der Waals surface area contributed by atoms with Gasteiger partial charge in [0.25, 0.3) is 0 Å². The molecule has 0 atom stereocenters. The third-order valence-electron chi connectivity index (χ3n) is 6.97. The van der Waals surface area contributed by atoms with E-state index in [2.05, 4.69) is 30.4 Å². The summed E-state index contributed by atoms with van der Waals surface area (Å²) in [6.45, 7) is 6.92. The Morgan fingerprint density at radius 2 is 1.78 bits per heavy atom. The van der Waals surface area contributed by atoms with Gasteiger partial charge in [0.05, 0.1) is 11.9 Å². The average Bonchev–Trinajstić information content (AvgIpc) is 2.85. The molecule has 0 saturated heterocycles. The first-order chi connectivity index (χ1) is 17.2. The summed E-state index contributed by atoms with van der Waals surface area (Å²) in [5.74, 6) is 0.518. The van der Waals surface area contributed by atoms with E-state index in [1.54, 1.807) is 18.2 Å². The van der Waals surface area contributed by atoms with Crippen LogP contribution in [0.25, 0.3) is 0 Å². The Morgan fingerprint density at radius 1 is 1.03 bits per heavy atom. The van der Waals surface area contributed by atoms with Crippen LogP contribution in [0.15, 0.2) is 36.4 Å². The van der Waals surface area contributed by atoms with Gasteiger partial charge in [0.1, 0.15) is 12.4 Å². The minimum Gasteiger partial charge on any atom is -0.487 e. The molecule has 0 unspecified atom stereocenters. The Labute approximate surface area is 217 Å². The second-order valence-electron chi connectivity index (χ2n) is 10.1. The average molecular weight is 515 g/mol. The lowest BCUT2D eigenvalue weighted by Gasteiger charge is -2.26. The number of amides is 1. The number of rotatable bonds is 12. The van der Waals surface area contributed by atoms with E-state index in [0.717, 1.165) is 68.1 Å². The quantitative estimate of drug-likeness (QED) is 0.318. The van der Waals surface area contributed by atoms with Crippen molar-refractivity contribution in [2.24, 2.45) is 5.92 Å². The molecule has 7 heteroatoms. The fourth-order valence-electron chi connectivity index (χ4n) is 4.78. The molecule has 0 aromatic heterocycles. The van der Waals surface area contributed by atoms with Gasteiger partial charge in [0.15, 0.2) is 0 Å². The van der Waals surface area contributed by atoms with Crippen LogP contribution in [0, 0.1) is 19.8 Å². The SMILES string of the molecule is CCCCCCN(c1ccc(NC(=O)C2CCCCC2)cc1OCc1cc(C)ccc1C)S(C)(=O)=O. The van der Waals surface area contributed by atoms with E-state index in [-0.39, 0.29) is 11.8 Å². The van der Waals surface area contributed by atoms with Gasteiger partial charge in [-0.2, -0.15) is 0 Å². The minimum atomic E-state index is -3.51. The molecule has 2 aromatic carbocycles. The maximum Gasteiger partial charge on any atom is 0.232 e. The van der Waals surface area contributed by atoms with Crippen molar-refractivity contribution in [3.05, 3.63) is 53.1 Å². The first-order valence-electron chi connectivity index (χ1n) is 13.3. The van der Waals surface area contributed by atoms with E-state index in [9.17, 15) is 13.2 Å². The van der Waals surface area contributed by atoms with Crippen LogP contribution in [0.5, 0.6) is 5.75 Å². The van der Waals surface area contributed by atoms with Crippen molar-refractivity contribution in [1.82, 2.24) is 0 Å². The highest BCUT2D eigenvalue weighted by Gasteiger charge is 2.24. The zero-order valence-corrected chi connectivity index (χ0v) is 23.1. The number of benzene rings is 2. The molecule has 1 N–H and O–H groups in total. The molecule has 3 rings (SSSR count). The third-order valence-corrected chi connectivity index (χ3v) is 8.15. The first kappa shape index (κ1) is 28.0. The van der Waals surface area contributed by atoms with Crippen LogP contribution >= 0.6 is 0 Å². The van der Waals surface area contributed by atoms with Gasteiger partial charge in [-0.1, -0.05) is 69.2 Å². The van der Waals surface area contributed by atoms with Crippen LogP contribution in [-0.4, -0.2) is 27.1 Å². The number of hydrogen-bond donors (Lipinski definition) is 1. The Bertz CT molecular complexity index is 1120. The molecule has 1 amide bonds. The van der Waals surface area contributed by atoms with Gasteiger partial charge >= 0.3 is 0 Å². The lowest BCUT2D eigenvalue weighted by molar-refractivity contribution is -0.120. The molecule has 0 spiro atoms. The second kappa shape index (κ2) is 13.1. The maximum absolute atomic E-state index is 12.9. The van der Waals surface area contributed by atoms with Crippen LogP contribution in [0.4, 0.5) is 11.4 Å². The van der Waals surface area contributed by atoms with Crippen molar-refractivity contribution < 1.29 is 17.9 Å². The number of carbonyl (C=O) groups excluding carboxylic acids is 1. The number of hydrogen-bond acceptors (Lipinski definition) is 4. The number of nitrogens with zero attached hydrogens (tertiary/aromatic N) is 1. The normalized spacial score (nSPS) is 14.4. The molecule has 0 heterocycles. The summed E-state index contributed by atoms with van der Waals surface area (Å²) in [5, 5.41) is 3.05. The fraction of sp³-hybridized carbons (Fsp3) is 0.552. The molecule has 1 aliphatic carbocycles. The van der Waals surface area contributed by atoms with Crippen LogP contribution in [0.1, 0.15) is 81.4 Å². The van der Waals surface area contributed by atoms with Gasteiger partial charge in [-0.05, 0) is 56.4 Å². The Balaban J connectivity index is 1.89. The Hall–Kier alpha value is -2.54. The number of nitrogens with one attached hydrogen (secondary N) is 1. The number of aryl methyl sites for hydroxylation is 2. The largest absolute Gasteiger partial charge is 0.487 e. The van der Waals surface area contributed by atoms with Gasteiger partial charge in [-0.25, -0.2) is 8.42 Å². The zero-order chi connectivity index (χ0) is 26.1. The Kier molecular flexibility index (Phi) is 10.2. The smallest absolute Gasteiger partial charge is 0.232 e. The van der Waals surface area contributed by atoms with Crippen molar-refractivity contribution in [3.63, 3.8) is 0 Å². The summed E-state index contributed by atoms with van der Waals surface area (Å²) in [6, 6.07) is 11.5. The molecular weight excluding hydrogens is 472 g/mol. The molecule has 198 valence electrons. The van der Waals surface area contributed by atoms with Gasteiger partial charge in [-0.15, -0.1) is 0 Å². The highest BCUT2D eigenvalue weighted by molar-refractivity contribution is 7.92. The number of anilines is 2. The predicted molar refractivity (Wildman–Crippen MR) is 148 cm³/mol. The fourth-order valence-corrected chi connectivity index (χ4v) is 5.75. The Morgan fingerprint density at radius 3 is 2.47 bits per heavy atom. The molecule has 0 bridgehead atoms. The highest BCUT2D eigenvalue weighted by Crippen LogP contribution is 2.35. The van der Waals surface area contributed by atoms with Crippen molar-refractivity contribution in [2.75, 3.05) is 22.4 Å². The summed E-state index contributed by atoms with van der Waals surface area (Å²) in [5.41, 5.74) is 4.44. The van der Waals surface area contributed by atoms with Gasteiger partial charge in [0, 0.05) is 24.2 Å². The van der Waals surface area contributed by atoms with Crippen molar-refractivity contribution in [1.29, 1.82) is 0 Å². The summed E-state index contributed by atoms with van der Waals surface area (Å²) in [7, 11) is -3.51. The number of sulfonamides is 1. The molecule has 1 aliphatic rings. The standard InChI is InChI=1S/C29H42N2O4S/c1-5-6-7-11-18-31(36(4,33)34)27-17-16-26(30-29(32)24-12-9-8-10-13-24)20-28(27)35-21-25-19-22(2)14-15-23(25)3/h14-17,19-20,24H,5-13,18,21H2,1-4H3,(H,30,32). The molecule has 0 aliphatic heterocycles. The van der Waals surface area contributed by atoms with Crippen LogP contribution < -0.4 is 14.4 Å². The van der Waals surface area contributed by atoms with E-state index in [1.165, 1.54) is 17.0 Å². The molecule has 1 fully saturated rings. The molecule has 6 nitrogen and oxygen atoms in total. The van der Waals surface area contributed by atoms with Crippen LogP contribution in [0.3, 0.4) is 0 Å². The van der Waals surface area contributed by atoms with Crippen molar-refractivity contribution >= 4 is 27.3 Å². The summed E-state index contributed by atoms with van der Waals surface area (Å²) >= 11 is 0. The molecule has 1 saturated carbocycles. The van der Waals surface area contributed by atoms with E-state index in [1.807, 2.05) is 13.8 Å². The van der Waals surface area contributed by atoms with Crippen molar-refractivity contribution in [2.45, 2.75) is 85.2 Å². The number of unbranched alkanes of at least 4 members (excludes halogenated alkanes) is 3. The summed E-state index contributed by atoms with van der Waals surface area (Å²) in [4.78, 5) is 12.9. The van der Waals surface area contributed by atoms with E-state index >= 15 is 0 Å². The molecule has 0 radical (unpaired) electrons. The summed E-state index contributed by atoms with van der Waals surface area (Å²) in [6.07, 6.45) is 10.3.